The normalized spacial score (nSPS) is 12.2. The standard InChI is InChI=1S/C13H8F4O4S/c14-10-4-1-8(2-5-10)9-3-6-12(22(18,19)20)11(7-9)21-13(15,16)17/h1-7H,(H,18,19,20). The maximum Gasteiger partial charge on any atom is 0.573 e. The van der Waals surface area contributed by atoms with Crippen molar-refractivity contribution in [2.24, 2.45) is 0 Å². The zero-order valence-corrected chi connectivity index (χ0v) is 11.5. The quantitative estimate of drug-likeness (QED) is 0.687. The minimum absolute atomic E-state index is 0.159. The molecule has 2 aromatic rings. The Morgan fingerprint density at radius 1 is 0.955 bits per heavy atom. The highest BCUT2D eigenvalue weighted by atomic mass is 32.2. The fraction of sp³-hybridized carbons (Fsp3) is 0.0769. The van der Waals surface area contributed by atoms with Gasteiger partial charge in [-0.15, -0.1) is 13.2 Å². The Balaban J connectivity index is 2.56. The summed E-state index contributed by atoms with van der Waals surface area (Å²) in [4.78, 5) is -1.02. The van der Waals surface area contributed by atoms with E-state index in [9.17, 15) is 26.0 Å². The third kappa shape index (κ3) is 3.95. The SMILES string of the molecule is O=S(=O)(O)c1ccc(-c2ccc(F)cc2)cc1OC(F)(F)F. The van der Waals surface area contributed by atoms with E-state index in [4.69, 9.17) is 4.55 Å². The van der Waals surface area contributed by atoms with Gasteiger partial charge >= 0.3 is 6.36 Å². The second-order valence-electron chi connectivity index (χ2n) is 4.19. The van der Waals surface area contributed by atoms with E-state index >= 15 is 0 Å². The van der Waals surface area contributed by atoms with Crippen LogP contribution in [-0.2, 0) is 10.1 Å². The molecule has 118 valence electrons. The van der Waals surface area contributed by atoms with Gasteiger partial charge in [-0.2, -0.15) is 8.42 Å². The summed E-state index contributed by atoms with van der Waals surface area (Å²) in [5, 5.41) is 0. The van der Waals surface area contributed by atoms with Gasteiger partial charge in [-0.1, -0.05) is 18.2 Å². The number of benzene rings is 2. The summed E-state index contributed by atoms with van der Waals surface area (Å²) in [5.41, 5.74) is 0.502. The van der Waals surface area contributed by atoms with Gasteiger partial charge in [0.15, 0.2) is 5.75 Å². The molecule has 0 fully saturated rings. The monoisotopic (exact) mass is 336 g/mol. The molecule has 0 saturated heterocycles. The highest BCUT2D eigenvalue weighted by Gasteiger charge is 2.34. The smallest absolute Gasteiger partial charge is 0.404 e. The number of halogens is 4. The molecule has 1 N–H and O–H groups in total. The lowest BCUT2D eigenvalue weighted by molar-refractivity contribution is -0.275. The topological polar surface area (TPSA) is 63.6 Å². The van der Waals surface area contributed by atoms with Crippen molar-refractivity contribution < 1.29 is 35.3 Å². The molecule has 0 heterocycles. The molecule has 0 radical (unpaired) electrons. The predicted octanol–water partition coefficient (Wildman–Crippen LogP) is 3.64. The van der Waals surface area contributed by atoms with E-state index in [1.165, 1.54) is 18.2 Å². The van der Waals surface area contributed by atoms with Gasteiger partial charge in [0.1, 0.15) is 10.7 Å². The minimum atomic E-state index is -5.14. The maximum atomic E-state index is 12.8. The largest absolute Gasteiger partial charge is 0.573 e. The molecule has 2 rings (SSSR count). The Kier molecular flexibility index (Phi) is 4.12. The lowest BCUT2D eigenvalue weighted by Gasteiger charge is -2.13. The summed E-state index contributed by atoms with van der Waals surface area (Å²) >= 11 is 0. The van der Waals surface area contributed by atoms with E-state index in [-0.39, 0.29) is 5.56 Å². The van der Waals surface area contributed by atoms with Crippen molar-refractivity contribution >= 4 is 10.1 Å². The van der Waals surface area contributed by atoms with Gasteiger partial charge in [-0.3, -0.25) is 4.55 Å². The summed E-state index contributed by atoms with van der Waals surface area (Å²) in [7, 11) is -4.90. The molecule has 0 aliphatic heterocycles. The minimum Gasteiger partial charge on any atom is -0.404 e. The number of alkyl halides is 3. The molecule has 9 heteroatoms. The second-order valence-corrected chi connectivity index (χ2v) is 5.58. The first-order chi connectivity index (χ1) is 10.1. The van der Waals surface area contributed by atoms with E-state index in [0.29, 0.717) is 5.56 Å². The van der Waals surface area contributed by atoms with Crippen molar-refractivity contribution in [3.8, 4) is 16.9 Å². The first-order valence-electron chi connectivity index (χ1n) is 5.69. The average molecular weight is 336 g/mol. The van der Waals surface area contributed by atoms with Gasteiger partial charge in [-0.25, -0.2) is 4.39 Å². The molecule has 0 aromatic heterocycles. The molecule has 2 aromatic carbocycles. The van der Waals surface area contributed by atoms with Crippen molar-refractivity contribution in [3.63, 3.8) is 0 Å². The van der Waals surface area contributed by atoms with Gasteiger partial charge in [0, 0.05) is 0 Å². The first kappa shape index (κ1) is 16.2. The summed E-state index contributed by atoms with van der Waals surface area (Å²) in [6.45, 7) is 0. The van der Waals surface area contributed by atoms with Crippen molar-refractivity contribution in [1.29, 1.82) is 0 Å². The molecule has 0 aliphatic carbocycles. The first-order valence-corrected chi connectivity index (χ1v) is 7.13. The fourth-order valence-electron chi connectivity index (χ4n) is 1.75. The predicted molar refractivity (Wildman–Crippen MR) is 68.3 cm³/mol. The number of rotatable bonds is 3. The van der Waals surface area contributed by atoms with Crippen LogP contribution in [0, 0.1) is 5.82 Å². The third-order valence-electron chi connectivity index (χ3n) is 2.62. The van der Waals surface area contributed by atoms with Gasteiger partial charge in [0.25, 0.3) is 10.1 Å². The molecular formula is C13H8F4O4S. The fourth-order valence-corrected chi connectivity index (χ4v) is 2.34. The van der Waals surface area contributed by atoms with Crippen LogP contribution in [0.5, 0.6) is 5.75 Å². The third-order valence-corrected chi connectivity index (χ3v) is 3.52. The van der Waals surface area contributed by atoms with Crippen molar-refractivity contribution in [3.05, 3.63) is 48.3 Å². The maximum absolute atomic E-state index is 12.8. The molecule has 0 bridgehead atoms. The highest BCUT2D eigenvalue weighted by molar-refractivity contribution is 7.86. The lowest BCUT2D eigenvalue weighted by Crippen LogP contribution is -2.19. The molecule has 0 unspecified atom stereocenters. The van der Waals surface area contributed by atoms with Crippen LogP contribution in [0.2, 0.25) is 0 Å². The van der Waals surface area contributed by atoms with Crippen molar-refractivity contribution in [1.82, 2.24) is 0 Å². The van der Waals surface area contributed by atoms with Gasteiger partial charge in [0.05, 0.1) is 0 Å². The van der Waals surface area contributed by atoms with Gasteiger partial charge < -0.3 is 4.74 Å². The molecule has 0 spiro atoms. The Labute approximate surface area is 122 Å². The van der Waals surface area contributed by atoms with E-state index < -0.39 is 32.9 Å². The van der Waals surface area contributed by atoms with Crippen LogP contribution in [0.3, 0.4) is 0 Å². The summed E-state index contributed by atoms with van der Waals surface area (Å²) in [6, 6.07) is 7.52. The van der Waals surface area contributed by atoms with E-state index in [2.05, 4.69) is 4.74 Å². The Bertz CT molecular complexity index is 783. The van der Waals surface area contributed by atoms with Crippen LogP contribution in [0.4, 0.5) is 17.6 Å². The van der Waals surface area contributed by atoms with Crippen LogP contribution < -0.4 is 4.74 Å². The summed E-state index contributed by atoms with van der Waals surface area (Å²) in [5.74, 6) is -1.61. The van der Waals surface area contributed by atoms with E-state index in [1.807, 2.05) is 0 Å². The molecular weight excluding hydrogens is 328 g/mol. The van der Waals surface area contributed by atoms with Crippen LogP contribution >= 0.6 is 0 Å². The summed E-state index contributed by atoms with van der Waals surface area (Å²) in [6.07, 6.45) is -5.14. The molecule has 0 aliphatic rings. The Morgan fingerprint density at radius 3 is 2.00 bits per heavy atom. The zero-order chi connectivity index (χ0) is 16.5. The van der Waals surface area contributed by atoms with Gasteiger partial charge in [-0.05, 0) is 35.4 Å². The number of ether oxygens (including phenoxy) is 1. The average Bonchev–Trinajstić information content (AvgIpc) is 2.36. The second kappa shape index (κ2) is 5.58. The highest BCUT2D eigenvalue weighted by Crippen LogP contribution is 2.33. The molecule has 4 nitrogen and oxygen atoms in total. The molecule has 0 saturated carbocycles. The molecule has 0 amide bonds. The Hall–Kier alpha value is -2.13. The van der Waals surface area contributed by atoms with Crippen LogP contribution in [0.15, 0.2) is 47.4 Å². The van der Waals surface area contributed by atoms with Crippen LogP contribution in [0.25, 0.3) is 11.1 Å². The van der Waals surface area contributed by atoms with Crippen molar-refractivity contribution in [2.45, 2.75) is 11.3 Å². The van der Waals surface area contributed by atoms with Gasteiger partial charge in [0.2, 0.25) is 0 Å². The zero-order valence-electron chi connectivity index (χ0n) is 10.6. The summed E-state index contributed by atoms with van der Waals surface area (Å²) < 4.78 is 84.6. The Morgan fingerprint density at radius 2 is 1.50 bits per heavy atom. The molecule has 0 atom stereocenters. The van der Waals surface area contributed by atoms with Crippen molar-refractivity contribution in [2.75, 3.05) is 0 Å². The van der Waals surface area contributed by atoms with Crippen LogP contribution in [-0.4, -0.2) is 19.3 Å². The van der Waals surface area contributed by atoms with Crippen LogP contribution in [0.1, 0.15) is 0 Å². The molecule has 22 heavy (non-hydrogen) atoms. The number of hydrogen-bond acceptors (Lipinski definition) is 3. The van der Waals surface area contributed by atoms with E-state index in [1.54, 1.807) is 0 Å². The van der Waals surface area contributed by atoms with E-state index in [0.717, 1.165) is 24.3 Å². The number of hydrogen-bond donors (Lipinski definition) is 1. The lowest BCUT2D eigenvalue weighted by atomic mass is 10.1.